The van der Waals surface area contributed by atoms with Crippen LogP contribution in [0.25, 0.3) is 0 Å². The lowest BCUT2D eigenvalue weighted by Gasteiger charge is -2.38. The summed E-state index contributed by atoms with van der Waals surface area (Å²) in [4.78, 5) is 67.2. The van der Waals surface area contributed by atoms with E-state index in [1.807, 2.05) is 20.8 Å². The number of Topliss-reactive ketones (excluding diaryl/α,β-unsaturated/α-hetero) is 1. The summed E-state index contributed by atoms with van der Waals surface area (Å²) in [7, 11) is -2.11. The maximum absolute atomic E-state index is 14.2. The maximum atomic E-state index is 14.2. The summed E-state index contributed by atoms with van der Waals surface area (Å²) >= 11 is 0. The third-order valence-corrected chi connectivity index (χ3v) is 11.4. The minimum atomic E-state index is -3.58. The van der Waals surface area contributed by atoms with E-state index in [1.165, 1.54) is 16.3 Å². The second kappa shape index (κ2) is 15.3. The number of ketones is 1. The molecule has 1 saturated heterocycles. The van der Waals surface area contributed by atoms with Crippen molar-refractivity contribution in [1.82, 2.24) is 25.2 Å². The first-order chi connectivity index (χ1) is 21.0. The molecule has 0 aromatic heterocycles. The van der Waals surface area contributed by atoms with Crippen molar-refractivity contribution in [2.24, 2.45) is 28.4 Å². The topological polar surface area (TPSA) is 188 Å². The van der Waals surface area contributed by atoms with Crippen LogP contribution < -0.4 is 21.7 Å². The average molecular weight is 669 g/mol. The van der Waals surface area contributed by atoms with E-state index in [2.05, 4.69) is 22.5 Å². The highest BCUT2D eigenvalue weighted by molar-refractivity contribution is 7.89. The Balaban J connectivity index is 2.30. The second-order valence-electron chi connectivity index (χ2n) is 15.2. The van der Waals surface area contributed by atoms with Crippen LogP contribution in [-0.4, -0.2) is 96.7 Å². The van der Waals surface area contributed by atoms with Crippen molar-refractivity contribution in [3.63, 3.8) is 0 Å². The van der Waals surface area contributed by atoms with Gasteiger partial charge in [-0.25, -0.2) is 17.5 Å². The first kappa shape index (κ1) is 39.2. The van der Waals surface area contributed by atoms with Crippen molar-refractivity contribution in [3.8, 4) is 0 Å². The number of nitrogens with two attached hydrogens (primary N) is 1. The van der Waals surface area contributed by atoms with Gasteiger partial charge in [-0.3, -0.25) is 19.2 Å². The van der Waals surface area contributed by atoms with Gasteiger partial charge in [-0.2, -0.15) is 0 Å². The Labute approximate surface area is 274 Å². The van der Waals surface area contributed by atoms with E-state index < -0.39 is 85.7 Å². The molecule has 5 atom stereocenters. The van der Waals surface area contributed by atoms with Crippen LogP contribution >= 0.6 is 0 Å². The van der Waals surface area contributed by atoms with E-state index in [0.29, 0.717) is 12.8 Å². The predicted molar refractivity (Wildman–Crippen MR) is 177 cm³/mol. The zero-order valence-electron chi connectivity index (χ0n) is 29.0. The molecule has 1 heterocycles. The van der Waals surface area contributed by atoms with Crippen molar-refractivity contribution in [3.05, 3.63) is 12.7 Å². The molecule has 5 amide bonds. The zero-order chi connectivity index (χ0) is 35.4. The third-order valence-electron chi connectivity index (χ3n) is 9.18. The number of likely N-dealkylation sites (tertiary alicyclic amines) is 1. The molecule has 2 rings (SSSR count). The van der Waals surface area contributed by atoms with Gasteiger partial charge in [-0.1, -0.05) is 66.9 Å². The lowest BCUT2D eigenvalue weighted by atomic mass is 9.80. The maximum Gasteiger partial charge on any atom is 0.315 e. The molecule has 0 aromatic rings. The van der Waals surface area contributed by atoms with Crippen molar-refractivity contribution in [2.45, 2.75) is 117 Å². The van der Waals surface area contributed by atoms with E-state index in [9.17, 15) is 32.4 Å². The minimum Gasteiger partial charge on any atom is -0.363 e. The molecule has 1 aliphatic heterocycles. The number of sulfonamides is 1. The van der Waals surface area contributed by atoms with Crippen LogP contribution in [0.4, 0.5) is 4.79 Å². The Morgan fingerprint density at radius 3 is 2.00 bits per heavy atom. The number of carbonyl (C=O) groups is 5. The third kappa shape index (κ3) is 9.76. The second-order valence-corrected chi connectivity index (χ2v) is 17.8. The molecule has 1 saturated carbocycles. The smallest absolute Gasteiger partial charge is 0.315 e. The van der Waals surface area contributed by atoms with Crippen LogP contribution in [0.2, 0.25) is 0 Å². The highest BCUT2D eigenvalue weighted by atomic mass is 32.2. The predicted octanol–water partition coefficient (Wildman–Crippen LogP) is 1.92. The lowest BCUT2D eigenvalue weighted by Crippen LogP contribution is -2.62. The van der Waals surface area contributed by atoms with Gasteiger partial charge in [0.25, 0.3) is 5.91 Å². The largest absolute Gasteiger partial charge is 0.363 e. The van der Waals surface area contributed by atoms with Crippen molar-refractivity contribution in [1.29, 1.82) is 0 Å². The van der Waals surface area contributed by atoms with Crippen LogP contribution in [0.5, 0.6) is 0 Å². The highest BCUT2D eigenvalue weighted by Crippen LogP contribution is 2.32. The van der Waals surface area contributed by atoms with Gasteiger partial charge in [0.2, 0.25) is 27.6 Å². The fourth-order valence-electron chi connectivity index (χ4n) is 5.77. The SMILES string of the molecule is C=C[C@H]1CCN(C(=O)C(NC(=O)N[C@H](CN(C)S(=O)(=O)C(C)C)C(C)(C)C)C(C)(C)C)[C@@H]1C(=O)NC(CC1CCC1)C(=O)C(N)=O. The van der Waals surface area contributed by atoms with Gasteiger partial charge in [0, 0.05) is 32.1 Å². The molecule has 2 fully saturated rings. The Kier molecular flexibility index (Phi) is 13.0. The van der Waals surface area contributed by atoms with Crippen molar-refractivity contribution >= 4 is 39.6 Å². The fourth-order valence-corrected chi connectivity index (χ4v) is 6.85. The molecule has 46 heavy (non-hydrogen) atoms. The fraction of sp³-hybridized carbons (Fsp3) is 0.781. The van der Waals surface area contributed by atoms with E-state index in [1.54, 1.807) is 40.7 Å². The molecule has 13 nitrogen and oxygen atoms in total. The molecule has 0 spiro atoms. The summed E-state index contributed by atoms with van der Waals surface area (Å²) in [5, 5.41) is 7.74. The summed E-state index contributed by atoms with van der Waals surface area (Å²) in [6, 6.07) is -4.43. The van der Waals surface area contributed by atoms with E-state index in [0.717, 1.165) is 19.3 Å². The number of hydrogen-bond acceptors (Lipinski definition) is 7. The van der Waals surface area contributed by atoms with Crippen LogP contribution in [0, 0.1) is 22.7 Å². The Morgan fingerprint density at radius 2 is 1.57 bits per heavy atom. The van der Waals surface area contributed by atoms with Gasteiger partial charge in [-0.05, 0) is 43.4 Å². The van der Waals surface area contributed by atoms with E-state index >= 15 is 0 Å². The van der Waals surface area contributed by atoms with Crippen LogP contribution in [0.3, 0.4) is 0 Å². The number of amides is 5. The van der Waals surface area contributed by atoms with Crippen molar-refractivity contribution in [2.75, 3.05) is 20.1 Å². The molecular formula is C32H56N6O7S. The molecular weight excluding hydrogens is 612 g/mol. The number of primary amides is 1. The summed E-state index contributed by atoms with van der Waals surface area (Å²) in [6.07, 6.45) is 5.12. The zero-order valence-corrected chi connectivity index (χ0v) is 29.8. The number of nitrogens with zero attached hydrogens (tertiary/aromatic N) is 2. The minimum absolute atomic E-state index is 0.0208. The number of hydrogen-bond donors (Lipinski definition) is 4. The van der Waals surface area contributed by atoms with Gasteiger partial charge in [-0.15, -0.1) is 6.58 Å². The van der Waals surface area contributed by atoms with Crippen LogP contribution in [0.15, 0.2) is 12.7 Å². The van der Waals surface area contributed by atoms with Gasteiger partial charge in [0.05, 0.1) is 11.3 Å². The molecule has 0 radical (unpaired) electrons. The molecule has 1 aliphatic carbocycles. The highest BCUT2D eigenvalue weighted by Gasteiger charge is 2.46. The summed E-state index contributed by atoms with van der Waals surface area (Å²) in [6.45, 7) is 18.3. The monoisotopic (exact) mass is 668 g/mol. The van der Waals surface area contributed by atoms with Gasteiger partial charge in [0.15, 0.2) is 0 Å². The van der Waals surface area contributed by atoms with Crippen LogP contribution in [0.1, 0.15) is 87.5 Å². The van der Waals surface area contributed by atoms with Gasteiger partial charge >= 0.3 is 6.03 Å². The quantitative estimate of drug-likeness (QED) is 0.161. The molecule has 2 aliphatic rings. The summed E-state index contributed by atoms with van der Waals surface area (Å²) in [5.74, 6) is -3.31. The Hall–Kier alpha value is -3.00. The standard InChI is InChI=1S/C32H56N6O7S/c1-11-21-15-16-38(24(21)28(41)34-22(25(39)27(33)40)17-20-13-12-14-20)29(42)26(32(7,8)9)36-30(43)35-23(31(4,5)6)18-37(10)46(44,45)19(2)3/h11,19-24,26H,1,12-18H2,2-10H3,(H2,33,40)(H,34,41)(H2,35,36,43)/t21-,22?,23+,24-,26?/m0/s1. The summed E-state index contributed by atoms with van der Waals surface area (Å²) in [5.41, 5.74) is 3.97. The lowest BCUT2D eigenvalue weighted by molar-refractivity contribution is -0.144. The van der Waals surface area contributed by atoms with E-state index in [4.69, 9.17) is 5.73 Å². The Morgan fingerprint density at radius 1 is 0.978 bits per heavy atom. The number of likely N-dealkylation sites (N-methyl/N-ethyl adjacent to an activating group) is 1. The Bertz CT molecular complexity index is 1270. The van der Waals surface area contributed by atoms with Crippen molar-refractivity contribution < 1.29 is 32.4 Å². The van der Waals surface area contributed by atoms with E-state index in [-0.39, 0.29) is 19.0 Å². The van der Waals surface area contributed by atoms with Gasteiger partial charge < -0.3 is 26.6 Å². The average Bonchev–Trinajstić information content (AvgIpc) is 3.34. The number of rotatable bonds is 14. The first-order valence-electron chi connectivity index (χ1n) is 16.1. The number of urea groups is 1. The molecule has 0 aromatic carbocycles. The molecule has 2 unspecified atom stereocenters. The number of carbonyl (C=O) groups excluding carboxylic acids is 5. The molecule has 0 bridgehead atoms. The summed E-state index contributed by atoms with van der Waals surface area (Å²) < 4.78 is 26.7. The molecule has 5 N–H and O–H groups in total. The molecule has 262 valence electrons. The first-order valence-corrected chi connectivity index (χ1v) is 17.6. The van der Waals surface area contributed by atoms with Crippen LogP contribution in [-0.2, 0) is 29.2 Å². The molecule has 14 heteroatoms. The normalized spacial score (nSPS) is 21.2. The van der Waals surface area contributed by atoms with Gasteiger partial charge in [0.1, 0.15) is 12.1 Å². The number of nitrogens with one attached hydrogen (secondary N) is 3.